The van der Waals surface area contributed by atoms with Gasteiger partial charge in [-0.05, 0) is 6.92 Å². The molecule has 0 spiro atoms. The molecule has 3 saturated heterocycles. The fourth-order valence-electron chi connectivity index (χ4n) is 4.30. The first-order chi connectivity index (χ1) is 17.0. The summed E-state index contributed by atoms with van der Waals surface area (Å²) in [6.45, 7) is 0.0550. The lowest BCUT2D eigenvalue weighted by molar-refractivity contribution is -0.378. The summed E-state index contributed by atoms with van der Waals surface area (Å²) in [4.78, 5) is 0. The van der Waals surface area contributed by atoms with Gasteiger partial charge < -0.3 is 80.1 Å². The van der Waals surface area contributed by atoms with Crippen LogP contribution in [0.4, 0.5) is 0 Å². The van der Waals surface area contributed by atoms with Crippen molar-refractivity contribution in [3.63, 3.8) is 0 Å². The van der Waals surface area contributed by atoms with Crippen LogP contribution in [0.3, 0.4) is 0 Å². The highest BCUT2D eigenvalue weighted by molar-refractivity contribution is 4.96. The molecule has 36 heavy (non-hydrogen) atoms. The monoisotopic (exact) mass is 531 g/mol. The second-order valence-corrected chi connectivity index (χ2v) is 8.96. The highest BCUT2D eigenvalue weighted by Crippen LogP contribution is 2.34. The summed E-state index contributed by atoms with van der Waals surface area (Å²) < 4.78 is 33.5. The van der Waals surface area contributed by atoms with Gasteiger partial charge in [-0.1, -0.05) is 0 Å². The molecule has 16 nitrogen and oxygen atoms in total. The molecule has 0 aromatic rings. The van der Waals surface area contributed by atoms with Crippen molar-refractivity contribution in [2.45, 2.75) is 99.0 Å². The highest BCUT2D eigenvalue weighted by Gasteiger charge is 2.54. The number of hydrogen-bond acceptors (Lipinski definition) is 16. The number of aliphatic hydroxyl groups is 9. The van der Waals surface area contributed by atoms with Crippen LogP contribution in [-0.4, -0.2) is 164 Å². The van der Waals surface area contributed by atoms with Crippen molar-refractivity contribution in [2.24, 2.45) is 5.73 Å². The first-order valence-electron chi connectivity index (χ1n) is 11.6. The third-order valence-corrected chi connectivity index (χ3v) is 6.41. The minimum Gasteiger partial charge on any atom is -0.394 e. The van der Waals surface area contributed by atoms with E-state index in [-0.39, 0.29) is 13.2 Å². The van der Waals surface area contributed by atoms with Gasteiger partial charge in [0.15, 0.2) is 18.9 Å². The van der Waals surface area contributed by atoms with E-state index in [1.54, 1.807) is 0 Å². The molecule has 15 atom stereocenters. The average molecular weight is 532 g/mol. The molecule has 0 amide bonds. The molecular formula is C20H37NO15. The third kappa shape index (κ3) is 6.15. The summed E-state index contributed by atoms with van der Waals surface area (Å²) in [5.74, 6) is 0. The van der Waals surface area contributed by atoms with Crippen molar-refractivity contribution in [1.82, 2.24) is 0 Å². The van der Waals surface area contributed by atoms with Gasteiger partial charge in [0.2, 0.25) is 0 Å². The molecule has 3 heterocycles. The molecule has 212 valence electrons. The van der Waals surface area contributed by atoms with Crippen LogP contribution in [-0.2, 0) is 28.4 Å². The summed E-state index contributed by atoms with van der Waals surface area (Å²) in [7, 11) is 0. The number of ether oxygens (including phenoxy) is 6. The van der Waals surface area contributed by atoms with Gasteiger partial charge >= 0.3 is 0 Å². The van der Waals surface area contributed by atoms with Crippen molar-refractivity contribution in [2.75, 3.05) is 26.4 Å². The van der Waals surface area contributed by atoms with Crippen LogP contribution in [0.15, 0.2) is 0 Å². The first-order valence-corrected chi connectivity index (χ1v) is 11.6. The zero-order valence-electron chi connectivity index (χ0n) is 19.5. The molecule has 0 radical (unpaired) electrons. The molecule has 0 aromatic carbocycles. The van der Waals surface area contributed by atoms with E-state index >= 15 is 0 Å². The van der Waals surface area contributed by atoms with Crippen LogP contribution in [0.1, 0.15) is 6.92 Å². The Labute approximate surface area is 206 Å². The van der Waals surface area contributed by atoms with Crippen molar-refractivity contribution < 1.29 is 74.4 Å². The molecule has 16 heteroatoms. The zero-order valence-corrected chi connectivity index (χ0v) is 19.5. The molecule has 3 rings (SSSR count). The molecule has 0 aromatic heterocycles. The van der Waals surface area contributed by atoms with E-state index in [1.807, 2.05) is 0 Å². The Morgan fingerprint density at radius 2 is 1.36 bits per heavy atom. The Bertz CT molecular complexity index is 675. The summed E-state index contributed by atoms with van der Waals surface area (Å²) in [6, 6.07) is 0. The Kier molecular flexibility index (Phi) is 10.8. The van der Waals surface area contributed by atoms with E-state index < -0.39 is 105 Å². The standard InChI is InChI=1S/C20H37NO15/c1-6-9(25)16(35-19-14(30)12(28)15(34-19)7(24)4-22)17(20(32-6)31-3-2-21)36-18-13(29)11(27)10(26)8(5-23)33-18/h6-20,22-30H,2-5,21H2,1H3/t6-,7-,8-,9+,10+,11+,12-,13-,14-,15+,16+,17-,18-,19+,20+/m1/s1. The third-order valence-electron chi connectivity index (χ3n) is 6.41. The fourth-order valence-corrected chi connectivity index (χ4v) is 4.30. The van der Waals surface area contributed by atoms with Crippen molar-refractivity contribution in [1.29, 1.82) is 0 Å². The lowest BCUT2D eigenvalue weighted by Crippen LogP contribution is -2.65. The number of nitrogens with two attached hydrogens (primary N) is 1. The van der Waals surface area contributed by atoms with Gasteiger partial charge in [-0.3, -0.25) is 0 Å². The zero-order chi connectivity index (χ0) is 26.7. The lowest BCUT2D eigenvalue weighted by Gasteiger charge is -2.47. The molecule has 3 fully saturated rings. The van der Waals surface area contributed by atoms with E-state index in [0.29, 0.717) is 0 Å². The van der Waals surface area contributed by atoms with E-state index in [4.69, 9.17) is 34.2 Å². The first kappa shape index (κ1) is 29.9. The second kappa shape index (κ2) is 12.9. The number of hydrogen-bond donors (Lipinski definition) is 10. The molecule has 11 N–H and O–H groups in total. The van der Waals surface area contributed by atoms with Crippen LogP contribution in [0, 0.1) is 0 Å². The van der Waals surface area contributed by atoms with Gasteiger partial charge in [-0.2, -0.15) is 0 Å². The van der Waals surface area contributed by atoms with E-state index in [2.05, 4.69) is 0 Å². The minimum absolute atomic E-state index is 0.0270. The number of aliphatic hydroxyl groups excluding tert-OH is 9. The Morgan fingerprint density at radius 1 is 0.750 bits per heavy atom. The quantitative estimate of drug-likeness (QED) is 0.126. The van der Waals surface area contributed by atoms with Gasteiger partial charge in [0.25, 0.3) is 0 Å². The SMILES string of the molecule is C[C@H]1O[C@H](OCCN)[C@H](O[C@H]2O[C@H](CO)[C@H](O)[C@H](O)[C@H]2O)[C@@H](O[C@@H]2O[C@@H]([C@H](O)CO)[C@H](O)[C@H]2O)[C@H]1O. The largest absolute Gasteiger partial charge is 0.394 e. The van der Waals surface area contributed by atoms with Gasteiger partial charge in [-0.15, -0.1) is 0 Å². The maximum absolute atomic E-state index is 10.8. The second-order valence-electron chi connectivity index (χ2n) is 8.96. The van der Waals surface area contributed by atoms with E-state index in [0.717, 1.165) is 0 Å². The number of rotatable bonds is 10. The Balaban J connectivity index is 1.85. The van der Waals surface area contributed by atoms with Crippen molar-refractivity contribution >= 4 is 0 Å². The molecule has 0 aliphatic carbocycles. The average Bonchev–Trinajstić information content (AvgIpc) is 3.15. The summed E-state index contributed by atoms with van der Waals surface area (Å²) >= 11 is 0. The van der Waals surface area contributed by atoms with E-state index in [9.17, 15) is 46.0 Å². The maximum Gasteiger partial charge on any atom is 0.187 e. The molecule has 0 bridgehead atoms. The van der Waals surface area contributed by atoms with Crippen LogP contribution in [0.2, 0.25) is 0 Å². The molecule has 3 aliphatic heterocycles. The van der Waals surface area contributed by atoms with E-state index in [1.165, 1.54) is 6.92 Å². The van der Waals surface area contributed by atoms with Crippen LogP contribution >= 0.6 is 0 Å². The summed E-state index contributed by atoms with van der Waals surface area (Å²) in [5.41, 5.74) is 5.51. The maximum atomic E-state index is 10.8. The summed E-state index contributed by atoms with van der Waals surface area (Å²) in [6.07, 6.45) is -22.6. The van der Waals surface area contributed by atoms with Crippen LogP contribution in [0.25, 0.3) is 0 Å². The van der Waals surface area contributed by atoms with Gasteiger partial charge in [0.1, 0.15) is 67.1 Å². The predicted octanol–water partition coefficient (Wildman–Crippen LogP) is -6.56. The predicted molar refractivity (Wildman–Crippen MR) is 113 cm³/mol. The smallest absolute Gasteiger partial charge is 0.187 e. The van der Waals surface area contributed by atoms with Crippen molar-refractivity contribution in [3.8, 4) is 0 Å². The normalized spacial score (nSPS) is 48.8. The minimum atomic E-state index is -1.80. The lowest BCUT2D eigenvalue weighted by atomic mass is 9.97. The topological polar surface area (TPSA) is 263 Å². The van der Waals surface area contributed by atoms with Gasteiger partial charge in [0, 0.05) is 6.54 Å². The molecular weight excluding hydrogens is 494 g/mol. The molecule has 3 aliphatic rings. The van der Waals surface area contributed by atoms with Gasteiger partial charge in [-0.25, -0.2) is 0 Å². The van der Waals surface area contributed by atoms with Crippen molar-refractivity contribution in [3.05, 3.63) is 0 Å². The van der Waals surface area contributed by atoms with Crippen LogP contribution < -0.4 is 5.73 Å². The fraction of sp³-hybridized carbons (Fsp3) is 1.00. The van der Waals surface area contributed by atoms with Gasteiger partial charge in [0.05, 0.1) is 25.9 Å². The Morgan fingerprint density at radius 3 is 1.97 bits per heavy atom. The Hall–Kier alpha value is -0.640. The summed E-state index contributed by atoms with van der Waals surface area (Å²) in [5, 5.41) is 90.5. The molecule has 0 saturated carbocycles. The van der Waals surface area contributed by atoms with Crippen LogP contribution in [0.5, 0.6) is 0 Å². The highest BCUT2D eigenvalue weighted by atomic mass is 16.8. The molecule has 0 unspecified atom stereocenters.